The number of aromatic amines is 1. The monoisotopic (exact) mass is 273 g/mol. The lowest BCUT2D eigenvalue weighted by Gasteiger charge is -2.10. The van der Waals surface area contributed by atoms with E-state index in [4.69, 9.17) is 11.6 Å². The molecular weight excluding hydrogens is 262 g/mol. The number of H-pyrrole nitrogens is 1. The number of rotatable bonds is 3. The fraction of sp³-hybridized carbons (Fsp3) is 0.0714. The molecule has 0 saturated heterocycles. The summed E-state index contributed by atoms with van der Waals surface area (Å²) >= 11 is 6.07. The molecule has 5 heteroatoms. The Morgan fingerprint density at radius 2 is 2.05 bits per heavy atom. The van der Waals surface area contributed by atoms with Gasteiger partial charge in [0.15, 0.2) is 0 Å². The molecule has 0 atom stereocenters. The average Bonchev–Trinajstić information content (AvgIpc) is 2.87. The standard InChI is InChI=1S/C14H12ClN3O/c15-11-4-2-6-13(19)10(11)8-16-12-5-1-3-9-7-17-18-14(9)12/h1-7,16,19H,8H2,(H,17,18). The Hall–Kier alpha value is -2.20. The van der Waals surface area contributed by atoms with E-state index in [1.807, 2.05) is 18.2 Å². The van der Waals surface area contributed by atoms with E-state index < -0.39 is 0 Å². The van der Waals surface area contributed by atoms with Crippen LogP contribution in [0.3, 0.4) is 0 Å². The summed E-state index contributed by atoms with van der Waals surface area (Å²) in [6, 6.07) is 11.0. The number of halogens is 1. The quantitative estimate of drug-likeness (QED) is 0.684. The minimum Gasteiger partial charge on any atom is -0.508 e. The number of phenolic OH excluding ortho intramolecular Hbond substituents is 1. The fourth-order valence-corrected chi connectivity index (χ4v) is 2.26. The Labute approximate surface area is 115 Å². The summed E-state index contributed by atoms with van der Waals surface area (Å²) in [4.78, 5) is 0. The number of aromatic nitrogens is 2. The third-order valence-corrected chi connectivity index (χ3v) is 3.38. The number of fused-ring (bicyclic) bond motifs is 1. The second-order valence-electron chi connectivity index (χ2n) is 4.23. The highest BCUT2D eigenvalue weighted by atomic mass is 35.5. The van der Waals surface area contributed by atoms with Crippen molar-refractivity contribution in [3.63, 3.8) is 0 Å². The van der Waals surface area contributed by atoms with E-state index in [2.05, 4.69) is 15.5 Å². The third kappa shape index (κ3) is 2.22. The zero-order chi connectivity index (χ0) is 13.2. The van der Waals surface area contributed by atoms with Crippen molar-refractivity contribution in [3.8, 4) is 5.75 Å². The third-order valence-electron chi connectivity index (χ3n) is 3.03. The van der Waals surface area contributed by atoms with E-state index in [0.29, 0.717) is 17.1 Å². The number of hydrogen-bond acceptors (Lipinski definition) is 3. The van der Waals surface area contributed by atoms with Gasteiger partial charge < -0.3 is 10.4 Å². The summed E-state index contributed by atoms with van der Waals surface area (Å²) in [5.41, 5.74) is 2.55. The zero-order valence-electron chi connectivity index (χ0n) is 10.0. The average molecular weight is 274 g/mol. The van der Waals surface area contributed by atoms with Gasteiger partial charge in [0.2, 0.25) is 0 Å². The van der Waals surface area contributed by atoms with Gasteiger partial charge >= 0.3 is 0 Å². The Balaban J connectivity index is 1.88. The summed E-state index contributed by atoms with van der Waals surface area (Å²) in [6.45, 7) is 0.448. The Morgan fingerprint density at radius 3 is 2.89 bits per heavy atom. The molecule has 4 nitrogen and oxygen atoms in total. The van der Waals surface area contributed by atoms with Crippen molar-refractivity contribution >= 4 is 28.2 Å². The normalized spacial score (nSPS) is 10.8. The van der Waals surface area contributed by atoms with Crippen molar-refractivity contribution in [2.24, 2.45) is 0 Å². The predicted octanol–water partition coefficient (Wildman–Crippen LogP) is 3.53. The largest absolute Gasteiger partial charge is 0.508 e. The van der Waals surface area contributed by atoms with Crippen LogP contribution in [0, 0.1) is 0 Å². The first-order valence-electron chi connectivity index (χ1n) is 5.88. The lowest BCUT2D eigenvalue weighted by atomic mass is 10.2. The summed E-state index contributed by atoms with van der Waals surface area (Å²) in [5, 5.41) is 21.6. The highest BCUT2D eigenvalue weighted by molar-refractivity contribution is 6.31. The summed E-state index contributed by atoms with van der Waals surface area (Å²) in [5.74, 6) is 0.191. The molecule has 2 aromatic carbocycles. The fourth-order valence-electron chi connectivity index (χ4n) is 2.02. The van der Waals surface area contributed by atoms with Gasteiger partial charge in [0.1, 0.15) is 5.75 Å². The molecule has 3 rings (SSSR count). The summed E-state index contributed by atoms with van der Waals surface area (Å²) in [6.07, 6.45) is 1.77. The number of nitrogens with one attached hydrogen (secondary N) is 2. The van der Waals surface area contributed by atoms with Crippen molar-refractivity contribution in [1.82, 2.24) is 10.2 Å². The van der Waals surface area contributed by atoms with E-state index in [0.717, 1.165) is 16.6 Å². The Kier molecular flexibility index (Phi) is 3.01. The molecule has 0 spiro atoms. The first kappa shape index (κ1) is 11.9. The van der Waals surface area contributed by atoms with Crippen LogP contribution in [0.25, 0.3) is 10.9 Å². The predicted molar refractivity (Wildman–Crippen MR) is 76.5 cm³/mol. The van der Waals surface area contributed by atoms with E-state index in [1.54, 1.807) is 24.4 Å². The van der Waals surface area contributed by atoms with E-state index >= 15 is 0 Å². The van der Waals surface area contributed by atoms with Gasteiger partial charge in [0, 0.05) is 22.5 Å². The highest BCUT2D eigenvalue weighted by Gasteiger charge is 2.07. The summed E-state index contributed by atoms with van der Waals surface area (Å²) in [7, 11) is 0. The smallest absolute Gasteiger partial charge is 0.122 e. The van der Waals surface area contributed by atoms with Gasteiger partial charge in [0.25, 0.3) is 0 Å². The number of hydrogen-bond donors (Lipinski definition) is 3. The number of para-hydroxylation sites is 1. The molecule has 96 valence electrons. The van der Waals surface area contributed by atoms with Crippen LogP contribution in [-0.2, 0) is 6.54 Å². The molecule has 19 heavy (non-hydrogen) atoms. The zero-order valence-corrected chi connectivity index (χ0v) is 10.8. The van der Waals surface area contributed by atoms with Gasteiger partial charge in [0.05, 0.1) is 17.4 Å². The van der Waals surface area contributed by atoms with Crippen LogP contribution in [0.2, 0.25) is 5.02 Å². The molecule has 0 amide bonds. The van der Waals surface area contributed by atoms with Crippen molar-refractivity contribution in [2.45, 2.75) is 6.54 Å². The van der Waals surface area contributed by atoms with Crippen molar-refractivity contribution in [3.05, 3.63) is 53.2 Å². The SMILES string of the molecule is Oc1cccc(Cl)c1CNc1cccc2cn[nH]c12. The van der Waals surface area contributed by atoms with E-state index in [1.165, 1.54) is 0 Å². The molecule has 0 saturated carbocycles. The molecule has 0 aliphatic carbocycles. The second-order valence-corrected chi connectivity index (χ2v) is 4.64. The van der Waals surface area contributed by atoms with Crippen LogP contribution in [0.4, 0.5) is 5.69 Å². The van der Waals surface area contributed by atoms with Crippen molar-refractivity contribution in [1.29, 1.82) is 0 Å². The molecule has 3 N–H and O–H groups in total. The lowest BCUT2D eigenvalue weighted by Crippen LogP contribution is -2.01. The second kappa shape index (κ2) is 4.82. The molecule has 0 aliphatic heterocycles. The van der Waals surface area contributed by atoms with E-state index in [9.17, 15) is 5.11 Å². The van der Waals surface area contributed by atoms with Crippen LogP contribution in [-0.4, -0.2) is 15.3 Å². The van der Waals surface area contributed by atoms with Gasteiger partial charge in [-0.1, -0.05) is 29.8 Å². The molecule has 0 fully saturated rings. The van der Waals surface area contributed by atoms with Gasteiger partial charge in [-0.15, -0.1) is 0 Å². The van der Waals surface area contributed by atoms with Crippen LogP contribution in [0.15, 0.2) is 42.6 Å². The number of phenols is 1. The van der Waals surface area contributed by atoms with E-state index in [-0.39, 0.29) is 5.75 Å². The van der Waals surface area contributed by atoms with Crippen molar-refractivity contribution in [2.75, 3.05) is 5.32 Å². The number of aromatic hydroxyl groups is 1. The van der Waals surface area contributed by atoms with Crippen LogP contribution >= 0.6 is 11.6 Å². The molecule has 3 aromatic rings. The minimum atomic E-state index is 0.191. The topological polar surface area (TPSA) is 60.9 Å². The van der Waals surface area contributed by atoms with Crippen LogP contribution in [0.5, 0.6) is 5.75 Å². The molecular formula is C14H12ClN3O. The minimum absolute atomic E-state index is 0.191. The maximum absolute atomic E-state index is 9.80. The lowest BCUT2D eigenvalue weighted by molar-refractivity contribution is 0.469. The molecule has 0 radical (unpaired) electrons. The Morgan fingerprint density at radius 1 is 1.21 bits per heavy atom. The number of benzene rings is 2. The maximum atomic E-state index is 9.80. The molecule has 0 unspecified atom stereocenters. The molecule has 0 aliphatic rings. The number of nitrogens with zero attached hydrogens (tertiary/aromatic N) is 1. The molecule has 1 aromatic heterocycles. The maximum Gasteiger partial charge on any atom is 0.122 e. The van der Waals surface area contributed by atoms with Gasteiger partial charge in [-0.3, -0.25) is 5.10 Å². The molecule has 1 heterocycles. The summed E-state index contributed by atoms with van der Waals surface area (Å²) < 4.78 is 0. The van der Waals surface area contributed by atoms with Gasteiger partial charge in [-0.2, -0.15) is 5.10 Å². The van der Waals surface area contributed by atoms with Crippen LogP contribution in [0.1, 0.15) is 5.56 Å². The Bertz CT molecular complexity index is 703. The highest BCUT2D eigenvalue weighted by Crippen LogP contribution is 2.27. The van der Waals surface area contributed by atoms with Crippen LogP contribution < -0.4 is 5.32 Å². The molecule has 0 bridgehead atoms. The first-order chi connectivity index (χ1) is 9.25. The first-order valence-corrected chi connectivity index (χ1v) is 6.26. The number of anilines is 1. The van der Waals surface area contributed by atoms with Gasteiger partial charge in [-0.25, -0.2) is 0 Å². The van der Waals surface area contributed by atoms with Gasteiger partial charge in [-0.05, 0) is 18.2 Å². The van der Waals surface area contributed by atoms with Crippen molar-refractivity contribution < 1.29 is 5.11 Å².